The molecule has 0 spiro atoms. The first-order valence-corrected chi connectivity index (χ1v) is 17.6. The Hall–Kier alpha value is -2.37. The predicted molar refractivity (Wildman–Crippen MR) is 177 cm³/mol. The summed E-state index contributed by atoms with van der Waals surface area (Å²) < 4.78 is 7.91. The fourth-order valence-electron chi connectivity index (χ4n) is 9.75. The van der Waals surface area contributed by atoms with E-state index in [1.807, 2.05) is 12.1 Å². The molecule has 226 valence electrons. The van der Waals surface area contributed by atoms with Crippen LogP contribution in [0.4, 0.5) is 11.5 Å². The molecular weight excluding hydrogens is 651 g/mol. The molecule has 9 rings (SSSR count). The first-order chi connectivity index (χ1) is 21.0. The van der Waals surface area contributed by atoms with E-state index in [4.69, 9.17) is 14.7 Å². The Labute approximate surface area is 267 Å². The maximum Gasteiger partial charge on any atom is 0.318 e. The van der Waals surface area contributed by atoms with Crippen molar-refractivity contribution in [3.8, 4) is 11.8 Å². The molecule has 8 nitrogen and oxygen atoms in total. The number of hydrogen-bond acceptors (Lipinski definition) is 8. The largest absolute Gasteiger partial charge is 0.508 e. The van der Waals surface area contributed by atoms with Gasteiger partial charge in [0.15, 0.2) is 0 Å². The molecule has 1 aromatic heterocycles. The van der Waals surface area contributed by atoms with Crippen LogP contribution < -0.4 is 19.9 Å². The summed E-state index contributed by atoms with van der Waals surface area (Å²) in [5, 5.41) is 16.7. The first kappa shape index (κ1) is 27.0. The Kier molecular flexibility index (Phi) is 6.49. The quantitative estimate of drug-likeness (QED) is 0.353. The van der Waals surface area contributed by atoms with Crippen molar-refractivity contribution in [3.05, 3.63) is 45.2 Å². The summed E-state index contributed by atoms with van der Waals surface area (Å²) in [7, 11) is 0. The molecule has 2 unspecified atom stereocenters. The van der Waals surface area contributed by atoms with E-state index in [1.165, 1.54) is 72.4 Å². The van der Waals surface area contributed by atoms with Gasteiger partial charge in [-0.2, -0.15) is 9.97 Å². The average molecular weight is 693 g/mol. The zero-order valence-electron chi connectivity index (χ0n) is 24.8. The van der Waals surface area contributed by atoms with Gasteiger partial charge < -0.3 is 25.0 Å². The molecule has 0 radical (unpaired) electrons. The van der Waals surface area contributed by atoms with E-state index in [1.54, 1.807) is 0 Å². The number of piperazine rings is 1. The van der Waals surface area contributed by atoms with Gasteiger partial charge in [0.1, 0.15) is 18.2 Å². The summed E-state index contributed by atoms with van der Waals surface area (Å²) in [5.41, 5.74) is 3.59. The summed E-state index contributed by atoms with van der Waals surface area (Å²) in [6, 6.07) is 12.5. The summed E-state index contributed by atoms with van der Waals surface area (Å²) in [4.78, 5) is 18.1. The predicted octanol–water partition coefficient (Wildman–Crippen LogP) is 5.23. The van der Waals surface area contributed by atoms with Gasteiger partial charge in [-0.3, -0.25) is 4.90 Å². The van der Waals surface area contributed by atoms with Gasteiger partial charge in [-0.05, 0) is 104 Å². The van der Waals surface area contributed by atoms with Crippen LogP contribution in [0.2, 0.25) is 0 Å². The lowest BCUT2D eigenvalue weighted by Gasteiger charge is -2.38. The molecule has 9 heteroatoms. The zero-order valence-corrected chi connectivity index (χ0v) is 26.9. The fourth-order valence-corrected chi connectivity index (χ4v) is 10.5. The first-order valence-electron chi connectivity index (χ1n) is 16.5. The summed E-state index contributed by atoms with van der Waals surface area (Å²) in [6.07, 6.45) is 11.3. The second-order valence-electron chi connectivity index (χ2n) is 14.0. The molecule has 2 bridgehead atoms. The van der Waals surface area contributed by atoms with E-state index in [9.17, 15) is 5.11 Å². The molecule has 4 saturated heterocycles. The monoisotopic (exact) mass is 692 g/mol. The Bertz CT molecular complexity index is 1570. The minimum atomic E-state index is 0.159. The lowest BCUT2D eigenvalue weighted by molar-refractivity contribution is 0.0829. The van der Waals surface area contributed by atoms with Crippen LogP contribution in [0.3, 0.4) is 0 Å². The van der Waals surface area contributed by atoms with Gasteiger partial charge in [0.25, 0.3) is 0 Å². The lowest BCUT2D eigenvalue weighted by atomic mass is 9.90. The number of fused-ring (bicyclic) bond motifs is 7. The number of aromatic nitrogens is 2. The van der Waals surface area contributed by atoms with Crippen LogP contribution in [0.25, 0.3) is 10.8 Å². The van der Waals surface area contributed by atoms with E-state index in [0.717, 1.165) is 60.6 Å². The highest BCUT2D eigenvalue weighted by atomic mass is 127. The molecule has 1 aliphatic carbocycles. The maximum atomic E-state index is 10.7. The molecule has 0 amide bonds. The molecule has 1 saturated carbocycles. The fraction of sp³-hybridized carbons (Fsp3) is 0.588. The Balaban J connectivity index is 1.06. The third kappa shape index (κ3) is 4.50. The van der Waals surface area contributed by atoms with E-state index in [2.05, 4.69) is 60.8 Å². The van der Waals surface area contributed by atoms with Crippen LogP contribution in [-0.2, 0) is 13.0 Å². The van der Waals surface area contributed by atoms with Gasteiger partial charge in [0, 0.05) is 64.0 Å². The smallest absolute Gasteiger partial charge is 0.318 e. The van der Waals surface area contributed by atoms with Crippen molar-refractivity contribution < 1.29 is 9.84 Å². The van der Waals surface area contributed by atoms with Crippen LogP contribution in [0.1, 0.15) is 62.6 Å². The van der Waals surface area contributed by atoms with Gasteiger partial charge in [0.2, 0.25) is 0 Å². The summed E-state index contributed by atoms with van der Waals surface area (Å²) in [5.74, 6) is 2.24. The standard InChI is InChI=1S/C34H41IN6O2/c35-27-6-1-4-21-14-25(42)15-30(31(21)27)39-13-10-26-28(19-39)37-33(38-32(26)40-17-23-8-9-24(18-40)36-23)43-20-34-11-3-12-41(34)29-7-2-5-22(29)16-34/h1,4,6,14-15,22-24,29,36,42H,2-3,5,7-13,16-20H2/t22-,23?,24?,29-,34+/m0/s1. The topological polar surface area (TPSA) is 77.0 Å². The van der Waals surface area contributed by atoms with Crippen LogP contribution >= 0.6 is 22.6 Å². The third-order valence-corrected chi connectivity index (χ3v) is 12.5. The van der Waals surface area contributed by atoms with E-state index >= 15 is 0 Å². The van der Waals surface area contributed by atoms with Crippen molar-refractivity contribution in [1.29, 1.82) is 0 Å². The second-order valence-corrected chi connectivity index (χ2v) is 15.2. The Morgan fingerprint density at radius 2 is 1.91 bits per heavy atom. The van der Waals surface area contributed by atoms with Crippen molar-refractivity contribution in [3.63, 3.8) is 0 Å². The normalized spacial score (nSPS) is 31.5. The van der Waals surface area contributed by atoms with Crippen LogP contribution in [0.15, 0.2) is 30.3 Å². The third-order valence-electron chi connectivity index (χ3n) is 11.6. The van der Waals surface area contributed by atoms with Crippen molar-refractivity contribution in [1.82, 2.24) is 20.2 Å². The maximum absolute atomic E-state index is 10.7. The average Bonchev–Trinajstić information content (AvgIpc) is 3.76. The highest BCUT2D eigenvalue weighted by molar-refractivity contribution is 14.1. The number of halogens is 1. The summed E-state index contributed by atoms with van der Waals surface area (Å²) >= 11 is 2.42. The number of nitrogens with zero attached hydrogens (tertiary/aromatic N) is 5. The van der Waals surface area contributed by atoms with Crippen molar-refractivity contribution in [2.24, 2.45) is 5.92 Å². The van der Waals surface area contributed by atoms with Gasteiger partial charge in [-0.25, -0.2) is 0 Å². The van der Waals surface area contributed by atoms with E-state index < -0.39 is 0 Å². The number of hydrogen-bond donors (Lipinski definition) is 2. The molecule has 5 fully saturated rings. The number of anilines is 2. The van der Waals surface area contributed by atoms with E-state index in [-0.39, 0.29) is 5.54 Å². The number of phenols is 1. The number of nitrogens with one attached hydrogen (secondary N) is 1. The number of phenolic OH excluding ortho intramolecular Hbond substituents is 1. The lowest BCUT2D eigenvalue weighted by Crippen LogP contribution is -2.52. The minimum absolute atomic E-state index is 0.159. The van der Waals surface area contributed by atoms with Crippen LogP contribution in [-0.4, -0.2) is 76.4 Å². The minimum Gasteiger partial charge on any atom is -0.508 e. The van der Waals surface area contributed by atoms with Crippen molar-refractivity contribution in [2.45, 2.75) is 88.0 Å². The SMILES string of the molecule is Oc1cc(N2CCc3c(nc(OC[C@]45CCCN4[C@H]4CCC[C@H]4C5)nc3N3CC4CCC(C3)N4)C2)c2c(I)cccc2c1. The molecular formula is C34H41IN6O2. The molecule has 3 aromatic rings. The molecule has 43 heavy (non-hydrogen) atoms. The molecule has 6 heterocycles. The molecule has 5 aliphatic heterocycles. The van der Waals surface area contributed by atoms with Gasteiger partial charge in [-0.15, -0.1) is 0 Å². The number of ether oxygens (including phenoxy) is 1. The number of aromatic hydroxyl groups is 1. The van der Waals surface area contributed by atoms with Crippen molar-refractivity contribution in [2.75, 3.05) is 42.6 Å². The molecule has 2 aromatic carbocycles. The Morgan fingerprint density at radius 3 is 2.79 bits per heavy atom. The van der Waals surface area contributed by atoms with Crippen molar-refractivity contribution >= 4 is 44.9 Å². The molecule has 5 atom stereocenters. The van der Waals surface area contributed by atoms with Crippen LogP contribution in [0, 0.1) is 9.49 Å². The van der Waals surface area contributed by atoms with Crippen LogP contribution in [0.5, 0.6) is 11.8 Å². The van der Waals surface area contributed by atoms with Gasteiger partial charge in [0.05, 0.1) is 17.8 Å². The number of benzene rings is 2. The van der Waals surface area contributed by atoms with E-state index in [0.29, 0.717) is 37.0 Å². The number of rotatable bonds is 5. The Morgan fingerprint density at radius 1 is 1.02 bits per heavy atom. The molecule has 2 N–H and O–H groups in total. The van der Waals surface area contributed by atoms with Gasteiger partial charge >= 0.3 is 6.01 Å². The second kappa shape index (κ2) is 10.3. The zero-order chi connectivity index (χ0) is 28.7. The molecule has 6 aliphatic rings. The van der Waals surface area contributed by atoms with Gasteiger partial charge in [-0.1, -0.05) is 18.6 Å². The highest BCUT2D eigenvalue weighted by Gasteiger charge is 2.55. The summed E-state index contributed by atoms with van der Waals surface area (Å²) in [6.45, 7) is 5.47. The highest BCUT2D eigenvalue weighted by Crippen LogP contribution is 2.51.